The summed E-state index contributed by atoms with van der Waals surface area (Å²) in [5.41, 5.74) is 16.3. The number of halogens is 4. The van der Waals surface area contributed by atoms with E-state index in [9.17, 15) is 17.6 Å². The number of imidazole rings is 5. The molecule has 0 amide bonds. The van der Waals surface area contributed by atoms with Crippen LogP contribution in [0.1, 0.15) is 202 Å². The summed E-state index contributed by atoms with van der Waals surface area (Å²) in [6.45, 7) is 9.06. The van der Waals surface area contributed by atoms with Gasteiger partial charge in [-0.25, -0.2) is 87.3 Å². The molecule has 0 radical (unpaired) electrons. The van der Waals surface area contributed by atoms with Gasteiger partial charge in [0.25, 0.3) is 0 Å². The Hall–Kier alpha value is -13.4. The van der Waals surface area contributed by atoms with Crippen molar-refractivity contribution in [2.45, 2.75) is 224 Å². The van der Waals surface area contributed by atoms with Gasteiger partial charge in [-0.05, 0) is 236 Å². The van der Waals surface area contributed by atoms with Gasteiger partial charge >= 0.3 is 0 Å². The van der Waals surface area contributed by atoms with Crippen molar-refractivity contribution in [3.05, 3.63) is 247 Å². The molecule has 4 aliphatic carbocycles. The van der Waals surface area contributed by atoms with E-state index in [4.69, 9.17) is 44.6 Å². The van der Waals surface area contributed by atoms with E-state index < -0.39 is 0 Å². The highest BCUT2D eigenvalue weighted by atomic mass is 19.1. The second-order valence-corrected chi connectivity index (χ2v) is 36.4. The number of nitrogens with one attached hydrogen (secondary N) is 4. The van der Waals surface area contributed by atoms with Crippen LogP contribution in [0.3, 0.4) is 0 Å². The first-order valence-electron chi connectivity index (χ1n) is 47.6. The van der Waals surface area contributed by atoms with Gasteiger partial charge in [0.1, 0.15) is 53.2 Å². The number of aromatic nitrogens is 19. The SMILES string of the molecule is CCCNc1nccc(-c2c(-c3ccc(F)cc3)nc3n2C(COc2ccc4ccccc4n2)CC3)n1.CCCNc1nccc(-c2c(-c3ccc(F)cc3)nc3n2C(Cn2cnc(C)c2)CC3)n1.Fc1ccc(-c2nc3n(c2-c2ccnc(NC4CC4)n2)C(CC2CCCC2)CC3)cc1.Fc1ccc(-c2nc3n(c2-c2ccnc(NC4CCC4)n2)C(CC2CCCC2)CC3)cc1. The molecule has 0 saturated heterocycles. The summed E-state index contributed by atoms with van der Waals surface area (Å²) in [5.74, 6) is 8.06. The molecule has 5 aromatic carbocycles. The topological polar surface area (TPSA) is 262 Å². The fraction of sp³-hybridized carbons (Fsp3) is 0.385. The van der Waals surface area contributed by atoms with Gasteiger partial charge < -0.3 is 48.8 Å². The van der Waals surface area contributed by atoms with Crippen LogP contribution in [-0.4, -0.2) is 124 Å². The maximum absolute atomic E-state index is 13.7. The van der Waals surface area contributed by atoms with Gasteiger partial charge in [0.15, 0.2) is 0 Å². The zero-order valence-corrected chi connectivity index (χ0v) is 75.0. The summed E-state index contributed by atoms with van der Waals surface area (Å²) in [6.07, 6.45) is 40.3. The predicted molar refractivity (Wildman–Crippen MR) is 507 cm³/mol. The molecule has 14 heterocycles. The molecule has 4 fully saturated rings. The van der Waals surface area contributed by atoms with Crippen molar-refractivity contribution in [2.75, 3.05) is 41.0 Å². The van der Waals surface area contributed by atoms with E-state index in [0.717, 1.165) is 226 Å². The highest BCUT2D eigenvalue weighted by molar-refractivity contribution is 5.83. The Morgan fingerprint density at radius 3 is 1.14 bits per heavy atom. The first-order chi connectivity index (χ1) is 64.8. The molecule has 23 rings (SSSR count). The maximum atomic E-state index is 13.7. The van der Waals surface area contributed by atoms with Crippen molar-refractivity contribution in [1.29, 1.82) is 0 Å². The van der Waals surface area contributed by atoms with Gasteiger partial charge in [0, 0.05) is 134 Å². The lowest BCUT2D eigenvalue weighted by Crippen LogP contribution is -2.28. The summed E-state index contributed by atoms with van der Waals surface area (Å²) >= 11 is 0. The highest BCUT2D eigenvalue weighted by Crippen LogP contribution is 2.48. The normalized spacial score (nSPS) is 17.8. The van der Waals surface area contributed by atoms with E-state index >= 15 is 0 Å². The summed E-state index contributed by atoms with van der Waals surface area (Å²) < 4.78 is 72.3. The molecule has 24 nitrogen and oxygen atoms in total. The van der Waals surface area contributed by atoms with Crippen LogP contribution in [0.25, 0.3) is 101 Å². The number of para-hydroxylation sites is 1. The van der Waals surface area contributed by atoms with Crippen molar-refractivity contribution in [3.8, 4) is 96.5 Å². The van der Waals surface area contributed by atoms with Crippen molar-refractivity contribution in [1.82, 2.24) is 92.6 Å². The van der Waals surface area contributed by atoms with Crippen LogP contribution in [0.2, 0.25) is 0 Å². The average molecular weight is 1780 g/mol. The molecule has 132 heavy (non-hydrogen) atoms. The molecule has 4 saturated carbocycles. The molecule has 676 valence electrons. The minimum atomic E-state index is -0.278. The fourth-order valence-electron chi connectivity index (χ4n) is 20.2. The number of fused-ring (bicyclic) bond motifs is 5. The molecule has 4 aliphatic heterocycles. The van der Waals surface area contributed by atoms with Crippen molar-refractivity contribution >= 4 is 34.7 Å². The molecule has 4 unspecified atom stereocenters. The van der Waals surface area contributed by atoms with E-state index in [0.29, 0.717) is 60.4 Å². The Labute approximate surface area is 766 Å². The van der Waals surface area contributed by atoms with Crippen LogP contribution in [0.5, 0.6) is 5.88 Å². The number of aryl methyl sites for hydroxylation is 5. The lowest BCUT2D eigenvalue weighted by atomic mass is 9.93. The summed E-state index contributed by atoms with van der Waals surface area (Å²) in [5, 5.41) is 14.5. The largest absolute Gasteiger partial charge is 0.475 e. The predicted octanol–water partition coefficient (Wildman–Crippen LogP) is 22.7. The Morgan fingerprint density at radius 2 is 0.742 bits per heavy atom. The molecule has 8 aliphatic rings. The Kier molecular flexibility index (Phi) is 25.8. The second-order valence-electron chi connectivity index (χ2n) is 36.4. The lowest BCUT2D eigenvalue weighted by molar-refractivity contribution is 0.248. The Bertz CT molecular complexity index is 6500. The molecular formula is C104H111F4N23O. The van der Waals surface area contributed by atoms with E-state index in [2.05, 4.69) is 94.1 Å². The van der Waals surface area contributed by atoms with Gasteiger partial charge in [0.05, 0.1) is 97.9 Å². The third kappa shape index (κ3) is 19.4. The van der Waals surface area contributed by atoms with E-state index in [1.165, 1.54) is 145 Å². The highest BCUT2D eigenvalue weighted by Gasteiger charge is 2.38. The first-order valence-corrected chi connectivity index (χ1v) is 47.6. The summed E-state index contributed by atoms with van der Waals surface area (Å²) in [6, 6.07) is 48.3. The van der Waals surface area contributed by atoms with Crippen molar-refractivity contribution < 1.29 is 22.3 Å². The van der Waals surface area contributed by atoms with Crippen LogP contribution in [-0.2, 0) is 32.2 Å². The number of hydrogen-bond donors (Lipinski definition) is 4. The first kappa shape index (κ1) is 86.6. The van der Waals surface area contributed by atoms with Crippen LogP contribution in [0.15, 0.2) is 195 Å². The van der Waals surface area contributed by atoms with Crippen LogP contribution in [0.4, 0.5) is 41.4 Å². The standard InChI is InChI=1S/C29H27FN6O.C26H30FN5.C25H28FN5.C24H26FN7/c1-2-16-31-29-32-17-15-24(34-29)28-27(20-7-10-21(30)11-8-20)35-25-13-12-22(36(25)28)18-37-26-14-9-19-5-3-4-6-23(19)33-26;27-19-10-8-18(9-11-19)24-25(22-14-15-28-26(30-22)29-20-6-3-7-20)32-21(12-13-23(32)31-24)16-17-4-1-2-5-17;26-18-7-5-17(6-8-18)23-24(21-13-14-27-25(29-21)28-19-9-10-19)31-20(11-12-22(31)30-23)15-16-3-1-2-4-16;1-3-11-26-24-27-12-10-20(29-24)23-22(17-4-6-18(25)7-5-17)30-21-9-8-19(32(21)23)14-31-13-16(2)28-15-31/h3-11,14-15,17,22H,2,12-13,16,18H2,1H3,(H,31,32,34);8-11,14-15,17,20-21H,1-7,12-13,16H2,(H,28,29,30);5-8,13-14,16,19-20H,1-4,9-12,15H2,(H,27,28,29);4-7,10,12-13,15,19H,3,8-9,11,14H2,1-2H3,(H,26,27,29). The number of ether oxygens (including phenoxy) is 1. The number of hydrogen-bond acceptors (Lipinski definition) is 19. The van der Waals surface area contributed by atoms with Crippen LogP contribution >= 0.6 is 0 Å². The van der Waals surface area contributed by atoms with Gasteiger partial charge in [-0.3, -0.25) is 0 Å². The Morgan fingerprint density at radius 1 is 0.364 bits per heavy atom. The smallest absolute Gasteiger partial charge is 0.223 e. The maximum Gasteiger partial charge on any atom is 0.223 e. The van der Waals surface area contributed by atoms with E-state index in [1.54, 1.807) is 36.7 Å². The van der Waals surface area contributed by atoms with Crippen LogP contribution in [0, 0.1) is 42.0 Å². The number of benzene rings is 5. The molecule has 4 atom stereocenters. The minimum Gasteiger partial charge on any atom is -0.475 e. The Balaban J connectivity index is 0.000000110. The number of anilines is 4. The molecule has 4 N–H and O–H groups in total. The van der Waals surface area contributed by atoms with Gasteiger partial charge in [0.2, 0.25) is 29.7 Å². The van der Waals surface area contributed by atoms with Gasteiger partial charge in [-0.1, -0.05) is 83.4 Å². The number of rotatable bonds is 27. The average Bonchev–Trinajstić information content (AvgIpc) is 1.61. The van der Waals surface area contributed by atoms with Gasteiger partial charge in [-0.15, -0.1) is 0 Å². The summed E-state index contributed by atoms with van der Waals surface area (Å²) in [7, 11) is 0. The minimum absolute atomic E-state index is 0.0574. The van der Waals surface area contributed by atoms with Gasteiger partial charge in [-0.2, -0.15) is 0 Å². The number of nitrogens with zero attached hydrogens (tertiary/aromatic N) is 19. The monoisotopic (exact) mass is 1770 g/mol. The lowest BCUT2D eigenvalue weighted by Gasteiger charge is -2.26. The second kappa shape index (κ2) is 39.3. The van der Waals surface area contributed by atoms with E-state index in [1.807, 2.05) is 111 Å². The molecule has 28 heteroatoms. The summed E-state index contributed by atoms with van der Waals surface area (Å²) in [4.78, 5) is 66.2. The zero-order valence-electron chi connectivity index (χ0n) is 75.0. The molecular weight excluding hydrogens is 1660 g/mol. The quantitative estimate of drug-likeness (QED) is 0.0349. The molecule has 15 aromatic rings. The van der Waals surface area contributed by atoms with Crippen molar-refractivity contribution in [2.24, 2.45) is 11.8 Å². The van der Waals surface area contributed by atoms with Crippen LogP contribution < -0.4 is 26.0 Å². The number of pyridine rings is 1. The fourth-order valence-corrected chi connectivity index (χ4v) is 20.2. The molecule has 0 bridgehead atoms. The molecule has 0 spiro atoms. The van der Waals surface area contributed by atoms with E-state index in [-0.39, 0.29) is 35.4 Å². The zero-order chi connectivity index (χ0) is 89.5. The third-order valence-electron chi connectivity index (χ3n) is 27.0. The molecule has 10 aromatic heterocycles. The van der Waals surface area contributed by atoms with Crippen molar-refractivity contribution in [3.63, 3.8) is 0 Å². The third-order valence-corrected chi connectivity index (χ3v) is 27.0.